The molecule has 20 heteroatoms. The quantitative estimate of drug-likeness (QED) is 0.0446. The Labute approximate surface area is 450 Å². The Bertz CT molecular complexity index is 3200. The highest BCUT2D eigenvalue weighted by atomic mass is 79.9. The summed E-state index contributed by atoms with van der Waals surface area (Å²) in [6, 6.07) is 18.9. The van der Waals surface area contributed by atoms with Gasteiger partial charge in [0.2, 0.25) is 0 Å². The molecule has 6 heterocycles. The molecule has 2 fully saturated rings. The van der Waals surface area contributed by atoms with Crippen molar-refractivity contribution in [3.05, 3.63) is 134 Å². The Morgan fingerprint density at radius 2 is 1.07 bits per heavy atom. The van der Waals surface area contributed by atoms with Gasteiger partial charge in [-0.3, -0.25) is 14.4 Å². The molecular formula is C56H66BrN11O8. The zero-order valence-corrected chi connectivity index (χ0v) is 45.2. The minimum absolute atomic E-state index is 0.0776. The molecule has 0 aliphatic carbocycles. The van der Waals surface area contributed by atoms with E-state index in [1.165, 1.54) is 12.1 Å². The Morgan fingerprint density at radius 3 is 1.47 bits per heavy atom. The number of pyridine rings is 2. The number of nitrogens with zero attached hydrogens (tertiary/aromatic N) is 6. The van der Waals surface area contributed by atoms with Crippen LogP contribution in [0.3, 0.4) is 0 Å². The van der Waals surface area contributed by atoms with Crippen molar-refractivity contribution < 1.29 is 38.5 Å². The summed E-state index contributed by atoms with van der Waals surface area (Å²) in [5.41, 5.74) is 9.38. The molecule has 2 aliphatic rings. The van der Waals surface area contributed by atoms with Crippen LogP contribution in [0.1, 0.15) is 123 Å². The van der Waals surface area contributed by atoms with Gasteiger partial charge in [0.05, 0.1) is 51.7 Å². The number of nitrogens with one attached hydrogen (secondary N) is 5. The first kappa shape index (κ1) is 54.8. The van der Waals surface area contributed by atoms with Gasteiger partial charge in [0.15, 0.2) is 11.3 Å². The van der Waals surface area contributed by atoms with E-state index in [1.807, 2.05) is 60.7 Å². The highest BCUT2D eigenvalue weighted by Crippen LogP contribution is 2.33. The highest BCUT2D eigenvalue weighted by molar-refractivity contribution is 9.10. The number of carboxylic acids is 1. The van der Waals surface area contributed by atoms with Gasteiger partial charge in [0.25, 0.3) is 17.7 Å². The van der Waals surface area contributed by atoms with E-state index < -0.39 is 5.97 Å². The number of carboxylic acid groups (broad SMARTS) is 1. The number of aromatic nitrogens is 6. The number of hydrogen-bond donors (Lipinski definition) is 6. The lowest BCUT2D eigenvalue weighted by atomic mass is 10.0. The van der Waals surface area contributed by atoms with E-state index in [1.54, 1.807) is 43.5 Å². The monoisotopic (exact) mass is 1100 g/mol. The van der Waals surface area contributed by atoms with Crippen LogP contribution in [0.2, 0.25) is 0 Å². The molecule has 2 saturated heterocycles. The van der Waals surface area contributed by atoms with Crippen LogP contribution in [0.25, 0.3) is 22.1 Å². The summed E-state index contributed by atoms with van der Waals surface area (Å²) in [5, 5.41) is 36.5. The van der Waals surface area contributed by atoms with Crippen LogP contribution in [0.4, 0.5) is 11.4 Å². The van der Waals surface area contributed by atoms with Crippen molar-refractivity contribution in [2.75, 3.05) is 44.2 Å². The molecular weight excluding hydrogens is 1030 g/mol. The Kier molecular flexibility index (Phi) is 18.7. The van der Waals surface area contributed by atoms with Crippen LogP contribution in [-0.4, -0.2) is 104 Å². The molecule has 3 aromatic carbocycles. The first-order chi connectivity index (χ1) is 36.9. The predicted molar refractivity (Wildman–Crippen MR) is 294 cm³/mol. The highest BCUT2D eigenvalue weighted by Gasteiger charge is 2.25. The topological polar surface area (TPSA) is 238 Å². The molecule has 0 spiro atoms. The molecule has 0 radical (unpaired) electrons. The van der Waals surface area contributed by atoms with Crippen molar-refractivity contribution >= 4 is 73.1 Å². The van der Waals surface area contributed by atoms with Gasteiger partial charge in [0, 0.05) is 110 Å². The lowest BCUT2D eigenvalue weighted by molar-refractivity contribution is 0.0696. The Hall–Kier alpha value is -7.42. The van der Waals surface area contributed by atoms with Gasteiger partial charge in [-0.1, -0.05) is 32.0 Å². The molecule has 6 N–H and O–H groups in total. The van der Waals surface area contributed by atoms with Crippen molar-refractivity contribution in [3.8, 4) is 5.75 Å². The van der Waals surface area contributed by atoms with E-state index in [4.69, 9.17) is 24.2 Å². The van der Waals surface area contributed by atoms with Gasteiger partial charge in [-0.15, -0.1) is 0 Å². The molecule has 0 saturated carbocycles. The predicted octanol–water partition coefficient (Wildman–Crippen LogP) is 8.47. The van der Waals surface area contributed by atoms with Gasteiger partial charge >= 0.3 is 5.97 Å². The summed E-state index contributed by atoms with van der Waals surface area (Å²) in [6.07, 6.45) is 8.71. The summed E-state index contributed by atoms with van der Waals surface area (Å²) >= 11 is 3.47. The van der Waals surface area contributed by atoms with E-state index in [0.717, 1.165) is 97.4 Å². The van der Waals surface area contributed by atoms with E-state index >= 15 is 0 Å². The van der Waals surface area contributed by atoms with Gasteiger partial charge in [-0.2, -0.15) is 10.2 Å². The maximum Gasteiger partial charge on any atom is 0.335 e. The zero-order chi connectivity index (χ0) is 53.7. The number of carbonyl (C=O) groups is 4. The fourth-order valence-corrected chi connectivity index (χ4v) is 10.0. The molecule has 0 bridgehead atoms. The number of benzene rings is 3. The van der Waals surface area contributed by atoms with E-state index in [9.17, 15) is 24.3 Å². The third-order valence-corrected chi connectivity index (χ3v) is 14.3. The van der Waals surface area contributed by atoms with E-state index in [-0.39, 0.29) is 48.5 Å². The number of halogens is 1. The van der Waals surface area contributed by atoms with Crippen molar-refractivity contribution in [1.82, 2.24) is 45.5 Å². The molecule has 7 aromatic rings. The summed E-state index contributed by atoms with van der Waals surface area (Å²) < 4.78 is 20.9. The minimum Gasteiger partial charge on any atom is -0.496 e. The standard InChI is InChI=1S/C32H37BrN6O4.C24H29N5O4/c1-4-27-24(29(37-23-11-13-43-14-12-23)25-19-36-39(5-2)30(25)38-27)18-35-32(41)22-8-6-7-21(16-22)31(40)34-17-20-9-10-28(42-3)26(33)15-20;1-3-20-18(13-25-23(30)15-6-5-7-16(12-15)24(31)32)21(27-17-8-10-33-11-9-17)19-14-26-29(4-2)22(19)28-20/h6-10,15-16,19,23H,4-5,11-14,17-18H2,1-3H3,(H,34,40)(H,35,41)(H,37,38);5-7,12,14,17H,3-4,8-11,13H2,1-2H3,(H,25,30)(H,27,28)(H,31,32). The fourth-order valence-electron chi connectivity index (χ4n) is 9.44. The minimum atomic E-state index is -1.07. The van der Waals surface area contributed by atoms with Crippen LogP contribution >= 0.6 is 15.9 Å². The molecule has 0 atom stereocenters. The first-order valence-electron chi connectivity index (χ1n) is 26.0. The number of rotatable bonds is 19. The number of aromatic carboxylic acids is 1. The lowest BCUT2D eigenvalue weighted by Gasteiger charge is -2.26. The van der Waals surface area contributed by atoms with E-state index in [2.05, 4.69) is 59.6 Å². The van der Waals surface area contributed by atoms with Crippen molar-refractivity contribution in [3.63, 3.8) is 0 Å². The molecule has 2 aliphatic heterocycles. The number of methoxy groups -OCH3 is 1. The smallest absolute Gasteiger partial charge is 0.335 e. The maximum atomic E-state index is 13.4. The van der Waals surface area contributed by atoms with Crippen LogP contribution in [0.15, 0.2) is 83.6 Å². The lowest BCUT2D eigenvalue weighted by Crippen LogP contribution is -2.30. The number of hydrogen-bond acceptors (Lipinski definition) is 13. The summed E-state index contributed by atoms with van der Waals surface area (Å²) in [5.74, 6) is -1.21. The van der Waals surface area contributed by atoms with Crippen molar-refractivity contribution in [2.45, 2.75) is 111 Å². The van der Waals surface area contributed by atoms with Crippen molar-refractivity contribution in [1.29, 1.82) is 0 Å². The first-order valence-corrected chi connectivity index (χ1v) is 26.8. The number of aryl methyl sites for hydroxylation is 4. The fraction of sp³-hybridized carbons (Fsp3) is 0.393. The molecule has 4 aromatic heterocycles. The molecule has 400 valence electrons. The van der Waals surface area contributed by atoms with Gasteiger partial charge in [0.1, 0.15) is 5.75 Å². The van der Waals surface area contributed by atoms with Crippen LogP contribution in [0, 0.1) is 0 Å². The Morgan fingerprint density at radius 1 is 0.632 bits per heavy atom. The van der Waals surface area contributed by atoms with Gasteiger partial charge < -0.3 is 45.9 Å². The second-order valence-electron chi connectivity index (χ2n) is 18.5. The molecule has 9 rings (SSSR count). The zero-order valence-electron chi connectivity index (χ0n) is 43.6. The van der Waals surface area contributed by atoms with Crippen LogP contribution in [-0.2, 0) is 55.0 Å². The summed E-state index contributed by atoms with van der Waals surface area (Å²) in [4.78, 5) is 60.2. The second kappa shape index (κ2) is 25.9. The SMILES string of the molecule is CCc1nc2c(cnn2CC)c(NC2CCOCC2)c1CNC(=O)c1cccc(C(=O)NCc2ccc(OC)c(Br)c2)c1.CCc1nc2c(cnn2CC)c(NC2CCOCC2)c1CNC(=O)c1cccc(C(=O)O)c1. The average molecular weight is 1100 g/mol. The number of carbonyl (C=O) groups excluding carboxylic acids is 3. The van der Waals surface area contributed by atoms with Crippen LogP contribution < -0.4 is 31.3 Å². The number of amides is 3. The van der Waals surface area contributed by atoms with Crippen LogP contribution in [0.5, 0.6) is 5.75 Å². The average Bonchev–Trinajstić information content (AvgIpc) is 4.09. The molecule has 3 amide bonds. The number of fused-ring (bicyclic) bond motifs is 2. The maximum absolute atomic E-state index is 13.4. The molecule has 19 nitrogen and oxygen atoms in total. The third-order valence-electron chi connectivity index (χ3n) is 13.6. The van der Waals surface area contributed by atoms with Crippen molar-refractivity contribution in [2.24, 2.45) is 0 Å². The second-order valence-corrected chi connectivity index (χ2v) is 19.3. The van der Waals surface area contributed by atoms with Gasteiger partial charge in [-0.25, -0.2) is 24.1 Å². The van der Waals surface area contributed by atoms with Gasteiger partial charge in [-0.05, 0) is 122 Å². The summed E-state index contributed by atoms with van der Waals surface area (Å²) in [7, 11) is 1.61. The third kappa shape index (κ3) is 13.0. The molecule has 0 unspecified atom stereocenters. The molecule has 76 heavy (non-hydrogen) atoms. The van der Waals surface area contributed by atoms with E-state index in [0.29, 0.717) is 75.6 Å². The number of anilines is 2. The summed E-state index contributed by atoms with van der Waals surface area (Å²) in [6.45, 7) is 13.4. The number of ether oxygens (including phenoxy) is 3. The normalized spacial score (nSPS) is 13.9. The Balaban J connectivity index is 0.000000209. The largest absolute Gasteiger partial charge is 0.496 e.